The maximum atomic E-state index is 13.0. The molecule has 7 nitrogen and oxygen atoms in total. The van der Waals surface area contributed by atoms with E-state index in [4.69, 9.17) is 10.5 Å². The van der Waals surface area contributed by atoms with Gasteiger partial charge in [0, 0.05) is 37.5 Å². The molecule has 146 valence electrons. The van der Waals surface area contributed by atoms with Gasteiger partial charge in [-0.05, 0) is 48.7 Å². The fourth-order valence-corrected chi connectivity index (χ4v) is 3.57. The number of halogens is 1. The van der Waals surface area contributed by atoms with Crippen LogP contribution in [0.5, 0.6) is 0 Å². The van der Waals surface area contributed by atoms with Crippen LogP contribution in [0.1, 0.15) is 34.5 Å². The van der Waals surface area contributed by atoms with E-state index in [2.05, 4.69) is 10.3 Å². The summed E-state index contributed by atoms with van der Waals surface area (Å²) in [5, 5.41) is 2.69. The van der Waals surface area contributed by atoms with Crippen molar-refractivity contribution in [2.45, 2.75) is 31.9 Å². The summed E-state index contributed by atoms with van der Waals surface area (Å²) >= 11 is 0. The predicted octanol–water partition coefficient (Wildman–Crippen LogP) is 2.12. The number of carbonyl (C=O) groups excluding carboxylic acids is 2. The molecular formula is C20H21FN4O3. The second-order valence-electron chi connectivity index (χ2n) is 7.00. The predicted molar refractivity (Wildman–Crippen MR) is 101 cm³/mol. The van der Waals surface area contributed by atoms with Gasteiger partial charge in [0.2, 0.25) is 0 Å². The zero-order valence-corrected chi connectivity index (χ0v) is 15.3. The second kappa shape index (κ2) is 7.55. The molecule has 1 fully saturated rings. The van der Waals surface area contributed by atoms with Gasteiger partial charge in [-0.3, -0.25) is 9.59 Å². The van der Waals surface area contributed by atoms with Gasteiger partial charge in [-0.15, -0.1) is 0 Å². The molecule has 3 heterocycles. The first-order valence-corrected chi connectivity index (χ1v) is 9.27. The lowest BCUT2D eigenvalue weighted by Crippen LogP contribution is -2.42. The van der Waals surface area contributed by atoms with Crippen LogP contribution in [0.15, 0.2) is 30.3 Å². The molecule has 8 heteroatoms. The van der Waals surface area contributed by atoms with Gasteiger partial charge in [0.15, 0.2) is 0 Å². The number of nitrogens with zero attached hydrogens (tertiary/aromatic N) is 2. The van der Waals surface area contributed by atoms with Crippen LogP contribution in [0.3, 0.4) is 0 Å². The molecule has 1 atom stereocenters. The Morgan fingerprint density at radius 1 is 1.29 bits per heavy atom. The summed E-state index contributed by atoms with van der Waals surface area (Å²) in [6.45, 7) is 1.55. The minimum absolute atomic E-state index is 0.0164. The van der Waals surface area contributed by atoms with Gasteiger partial charge >= 0.3 is 0 Å². The fraction of sp³-hybridized carbons (Fsp3) is 0.350. The summed E-state index contributed by atoms with van der Waals surface area (Å²) in [5.74, 6) is -0.694. The zero-order valence-electron chi connectivity index (χ0n) is 15.3. The summed E-state index contributed by atoms with van der Waals surface area (Å²) in [5.41, 5.74) is 8.27. The lowest BCUT2D eigenvalue weighted by atomic mass is 10.0. The number of amides is 2. The van der Waals surface area contributed by atoms with Gasteiger partial charge in [-0.2, -0.15) is 0 Å². The van der Waals surface area contributed by atoms with E-state index < -0.39 is 5.91 Å². The van der Waals surface area contributed by atoms with Crippen LogP contribution in [0, 0.1) is 5.82 Å². The normalized spacial score (nSPS) is 18.6. The van der Waals surface area contributed by atoms with Gasteiger partial charge in [0.05, 0.1) is 5.56 Å². The first-order chi connectivity index (χ1) is 13.5. The Labute approximate surface area is 161 Å². The number of benzene rings is 1. The molecule has 4 rings (SSSR count). The van der Waals surface area contributed by atoms with Crippen molar-refractivity contribution in [2.75, 3.05) is 24.2 Å². The van der Waals surface area contributed by atoms with Crippen molar-refractivity contribution in [2.24, 2.45) is 0 Å². The van der Waals surface area contributed by atoms with E-state index in [-0.39, 0.29) is 29.2 Å². The van der Waals surface area contributed by atoms with Crippen molar-refractivity contribution in [3.8, 4) is 0 Å². The number of pyridine rings is 1. The van der Waals surface area contributed by atoms with Gasteiger partial charge in [-0.25, -0.2) is 9.37 Å². The van der Waals surface area contributed by atoms with Crippen molar-refractivity contribution >= 4 is 23.3 Å². The van der Waals surface area contributed by atoms with E-state index in [1.165, 1.54) is 24.3 Å². The number of nitrogens with one attached hydrogen (secondary N) is 1. The highest BCUT2D eigenvalue weighted by Gasteiger charge is 2.31. The first-order valence-electron chi connectivity index (χ1n) is 9.27. The van der Waals surface area contributed by atoms with E-state index in [0.29, 0.717) is 31.8 Å². The Morgan fingerprint density at radius 2 is 2.07 bits per heavy atom. The van der Waals surface area contributed by atoms with Crippen LogP contribution in [0.4, 0.5) is 15.9 Å². The summed E-state index contributed by atoms with van der Waals surface area (Å²) in [4.78, 5) is 31.3. The number of rotatable bonds is 3. The monoisotopic (exact) mass is 384 g/mol. The number of aromatic nitrogens is 1. The minimum atomic E-state index is -0.429. The van der Waals surface area contributed by atoms with Crippen LogP contribution >= 0.6 is 0 Å². The Bertz CT molecular complexity index is 910. The van der Waals surface area contributed by atoms with E-state index >= 15 is 0 Å². The van der Waals surface area contributed by atoms with Crippen LogP contribution in [-0.2, 0) is 22.5 Å². The molecule has 2 aliphatic rings. The molecule has 1 aromatic heterocycles. The van der Waals surface area contributed by atoms with Crippen molar-refractivity contribution in [3.63, 3.8) is 0 Å². The van der Waals surface area contributed by atoms with Crippen molar-refractivity contribution in [1.82, 2.24) is 9.88 Å². The highest BCUT2D eigenvalue weighted by atomic mass is 19.1. The third-order valence-electron chi connectivity index (χ3n) is 5.06. The van der Waals surface area contributed by atoms with Crippen LogP contribution in [-0.4, -0.2) is 41.0 Å². The Morgan fingerprint density at radius 3 is 2.79 bits per heavy atom. The molecular weight excluding hydrogens is 363 g/mol. The SMILES string of the molecule is Nc1nc2c(cc1C(=O)Nc1ccc(F)cc1)CN(C(=O)[C@H]1CCCO1)CC2. The third kappa shape index (κ3) is 3.68. The number of nitrogens with two attached hydrogens (primary N) is 1. The minimum Gasteiger partial charge on any atom is -0.383 e. The largest absolute Gasteiger partial charge is 0.383 e. The van der Waals surface area contributed by atoms with Gasteiger partial charge in [0.1, 0.15) is 17.7 Å². The van der Waals surface area contributed by atoms with Gasteiger partial charge in [-0.1, -0.05) is 0 Å². The Kier molecular flexibility index (Phi) is 4.95. The molecule has 0 spiro atoms. The maximum absolute atomic E-state index is 13.0. The molecule has 1 aromatic carbocycles. The summed E-state index contributed by atoms with van der Waals surface area (Å²) in [6, 6.07) is 7.15. The summed E-state index contributed by atoms with van der Waals surface area (Å²) in [6.07, 6.45) is 1.85. The van der Waals surface area contributed by atoms with Crippen molar-refractivity contribution in [1.29, 1.82) is 0 Å². The molecule has 1 saturated heterocycles. The van der Waals surface area contributed by atoms with Crippen LogP contribution < -0.4 is 11.1 Å². The molecule has 0 saturated carbocycles. The van der Waals surface area contributed by atoms with Crippen LogP contribution in [0.25, 0.3) is 0 Å². The Hall–Kier alpha value is -3.00. The molecule has 2 aromatic rings. The quantitative estimate of drug-likeness (QED) is 0.845. The van der Waals surface area contributed by atoms with E-state index in [0.717, 1.165) is 24.1 Å². The number of ether oxygens (including phenoxy) is 1. The van der Waals surface area contributed by atoms with E-state index in [1.54, 1.807) is 11.0 Å². The second-order valence-corrected chi connectivity index (χ2v) is 7.00. The molecule has 28 heavy (non-hydrogen) atoms. The highest BCUT2D eigenvalue weighted by molar-refractivity contribution is 6.07. The lowest BCUT2D eigenvalue weighted by Gasteiger charge is -2.30. The average Bonchev–Trinajstić information content (AvgIpc) is 3.23. The number of nitrogen functional groups attached to an aromatic ring is 1. The highest BCUT2D eigenvalue weighted by Crippen LogP contribution is 2.25. The van der Waals surface area contributed by atoms with Gasteiger partial charge < -0.3 is 20.7 Å². The van der Waals surface area contributed by atoms with E-state index in [9.17, 15) is 14.0 Å². The van der Waals surface area contributed by atoms with Crippen molar-refractivity contribution < 1.29 is 18.7 Å². The van der Waals surface area contributed by atoms with Gasteiger partial charge in [0.25, 0.3) is 11.8 Å². The molecule has 2 aliphatic heterocycles. The molecule has 2 amide bonds. The number of fused-ring (bicyclic) bond motifs is 1. The maximum Gasteiger partial charge on any atom is 0.259 e. The number of hydrogen-bond donors (Lipinski definition) is 2. The average molecular weight is 384 g/mol. The molecule has 0 radical (unpaired) electrons. The van der Waals surface area contributed by atoms with E-state index in [1.807, 2.05) is 0 Å². The lowest BCUT2D eigenvalue weighted by molar-refractivity contribution is -0.141. The zero-order chi connectivity index (χ0) is 19.7. The number of carbonyl (C=O) groups is 2. The number of hydrogen-bond acceptors (Lipinski definition) is 5. The smallest absolute Gasteiger partial charge is 0.259 e. The first kappa shape index (κ1) is 18.4. The fourth-order valence-electron chi connectivity index (χ4n) is 3.57. The molecule has 0 unspecified atom stereocenters. The standard InChI is InChI=1S/C20H21FN4O3/c21-13-3-5-14(6-4-13)23-19(26)15-10-12-11-25(8-7-16(12)24-18(15)22)20(27)17-2-1-9-28-17/h3-6,10,17H,1-2,7-9,11H2,(H2,22,24)(H,23,26)/t17-/m1/s1. The summed E-state index contributed by atoms with van der Waals surface area (Å²) < 4.78 is 18.5. The summed E-state index contributed by atoms with van der Waals surface area (Å²) in [7, 11) is 0. The topological polar surface area (TPSA) is 97.5 Å². The Balaban J connectivity index is 1.52. The number of anilines is 2. The molecule has 0 bridgehead atoms. The third-order valence-corrected chi connectivity index (χ3v) is 5.06. The van der Waals surface area contributed by atoms with Crippen molar-refractivity contribution in [3.05, 3.63) is 53.0 Å². The van der Waals surface area contributed by atoms with Crippen LogP contribution in [0.2, 0.25) is 0 Å². The molecule has 0 aliphatic carbocycles. The molecule has 3 N–H and O–H groups in total.